The topological polar surface area (TPSA) is 82.5 Å². The van der Waals surface area contributed by atoms with Crippen LogP contribution in [0.5, 0.6) is 5.75 Å². The zero-order chi connectivity index (χ0) is 19.5. The highest BCUT2D eigenvalue weighted by Gasteiger charge is 2.35. The van der Waals surface area contributed by atoms with Crippen molar-refractivity contribution in [1.29, 1.82) is 0 Å². The SMILES string of the molecule is O=C(NCC1CC(=O)N(C2CCCC2)C1)c1cccc(-c2ncccc2O)c1. The van der Waals surface area contributed by atoms with Crippen LogP contribution in [-0.2, 0) is 4.79 Å². The van der Waals surface area contributed by atoms with Gasteiger partial charge in [0.1, 0.15) is 11.4 Å². The molecule has 1 aliphatic heterocycles. The molecule has 2 aliphatic rings. The zero-order valence-electron chi connectivity index (χ0n) is 15.8. The molecule has 1 saturated heterocycles. The highest BCUT2D eigenvalue weighted by molar-refractivity contribution is 5.95. The fourth-order valence-electron chi connectivity index (χ4n) is 4.28. The summed E-state index contributed by atoms with van der Waals surface area (Å²) < 4.78 is 0. The van der Waals surface area contributed by atoms with Crippen molar-refractivity contribution in [2.75, 3.05) is 13.1 Å². The summed E-state index contributed by atoms with van der Waals surface area (Å²) in [7, 11) is 0. The molecule has 0 spiro atoms. The summed E-state index contributed by atoms with van der Waals surface area (Å²) in [4.78, 5) is 31.1. The Kier molecular flexibility index (Phi) is 5.28. The molecule has 0 radical (unpaired) electrons. The second-order valence-corrected chi connectivity index (χ2v) is 7.72. The van der Waals surface area contributed by atoms with Gasteiger partial charge in [-0.25, -0.2) is 0 Å². The number of likely N-dealkylation sites (tertiary alicyclic amines) is 1. The lowest BCUT2D eigenvalue weighted by atomic mass is 10.1. The standard InChI is InChI=1S/C22H25N3O3/c26-19-9-4-10-23-21(19)16-5-3-6-17(12-16)22(28)24-13-15-11-20(27)25(14-15)18-7-1-2-8-18/h3-6,9-10,12,15,18,26H,1-2,7-8,11,13-14H2,(H,24,28). The molecule has 2 amide bonds. The van der Waals surface area contributed by atoms with Crippen LogP contribution in [0.4, 0.5) is 0 Å². The molecule has 6 nitrogen and oxygen atoms in total. The third kappa shape index (κ3) is 3.86. The van der Waals surface area contributed by atoms with E-state index < -0.39 is 0 Å². The normalized spacial score (nSPS) is 19.9. The number of hydrogen-bond donors (Lipinski definition) is 2. The first-order chi connectivity index (χ1) is 13.6. The maximum Gasteiger partial charge on any atom is 0.251 e. The van der Waals surface area contributed by atoms with Crippen molar-refractivity contribution in [3.8, 4) is 17.0 Å². The average molecular weight is 379 g/mol. The van der Waals surface area contributed by atoms with Crippen LogP contribution in [0, 0.1) is 5.92 Å². The van der Waals surface area contributed by atoms with Crippen molar-refractivity contribution in [1.82, 2.24) is 15.2 Å². The van der Waals surface area contributed by atoms with Gasteiger partial charge in [-0.1, -0.05) is 25.0 Å². The molecule has 2 N–H and O–H groups in total. The van der Waals surface area contributed by atoms with E-state index in [9.17, 15) is 14.7 Å². The fourth-order valence-corrected chi connectivity index (χ4v) is 4.28. The molecule has 2 fully saturated rings. The van der Waals surface area contributed by atoms with E-state index in [-0.39, 0.29) is 23.5 Å². The number of nitrogens with zero attached hydrogens (tertiary/aromatic N) is 2. The third-order valence-corrected chi connectivity index (χ3v) is 5.74. The van der Waals surface area contributed by atoms with Crippen LogP contribution < -0.4 is 5.32 Å². The first-order valence-electron chi connectivity index (χ1n) is 9.94. The number of aromatic hydroxyl groups is 1. The predicted octanol–water partition coefficient (Wildman–Crippen LogP) is 2.98. The molecule has 2 heterocycles. The van der Waals surface area contributed by atoms with Crippen molar-refractivity contribution in [2.45, 2.75) is 38.1 Å². The molecule has 0 bridgehead atoms. The average Bonchev–Trinajstić information content (AvgIpc) is 3.36. The van der Waals surface area contributed by atoms with E-state index in [0.29, 0.717) is 35.8 Å². The second kappa shape index (κ2) is 8.00. The third-order valence-electron chi connectivity index (χ3n) is 5.74. The Morgan fingerprint density at radius 2 is 2.04 bits per heavy atom. The molecule has 1 aromatic carbocycles. The molecule has 146 valence electrons. The lowest BCUT2D eigenvalue weighted by Crippen LogP contribution is -2.36. The van der Waals surface area contributed by atoms with Gasteiger partial charge in [0.2, 0.25) is 5.91 Å². The van der Waals surface area contributed by atoms with Crippen LogP contribution in [0.15, 0.2) is 42.6 Å². The number of amides is 2. The van der Waals surface area contributed by atoms with Gasteiger partial charge in [0.15, 0.2) is 0 Å². The Hall–Kier alpha value is -2.89. The Morgan fingerprint density at radius 3 is 2.82 bits per heavy atom. The van der Waals surface area contributed by atoms with Crippen LogP contribution in [0.25, 0.3) is 11.3 Å². The Morgan fingerprint density at radius 1 is 1.21 bits per heavy atom. The molecule has 1 atom stereocenters. The van der Waals surface area contributed by atoms with Crippen LogP contribution >= 0.6 is 0 Å². The number of carbonyl (C=O) groups is 2. The lowest BCUT2D eigenvalue weighted by molar-refractivity contribution is -0.129. The van der Waals surface area contributed by atoms with Gasteiger partial charge in [0.05, 0.1) is 0 Å². The largest absolute Gasteiger partial charge is 0.506 e. The van der Waals surface area contributed by atoms with E-state index in [1.54, 1.807) is 36.5 Å². The van der Waals surface area contributed by atoms with Gasteiger partial charge < -0.3 is 15.3 Å². The van der Waals surface area contributed by atoms with Crippen molar-refractivity contribution in [3.05, 3.63) is 48.2 Å². The lowest BCUT2D eigenvalue weighted by Gasteiger charge is -2.24. The van der Waals surface area contributed by atoms with E-state index in [2.05, 4.69) is 10.3 Å². The quantitative estimate of drug-likeness (QED) is 0.837. The molecule has 6 heteroatoms. The molecule has 1 saturated carbocycles. The number of carbonyl (C=O) groups excluding carboxylic acids is 2. The maximum absolute atomic E-state index is 12.6. The Bertz CT molecular complexity index is 877. The minimum absolute atomic E-state index is 0.0801. The van der Waals surface area contributed by atoms with Crippen LogP contribution in [-0.4, -0.2) is 45.9 Å². The summed E-state index contributed by atoms with van der Waals surface area (Å²) in [6.07, 6.45) is 6.75. The molecule has 2 aromatic rings. The highest BCUT2D eigenvalue weighted by Crippen LogP contribution is 2.29. The molecule has 4 rings (SSSR count). The van der Waals surface area contributed by atoms with E-state index in [4.69, 9.17) is 0 Å². The number of aromatic nitrogens is 1. The summed E-state index contributed by atoms with van der Waals surface area (Å²) in [6, 6.07) is 10.7. The first kappa shape index (κ1) is 18.5. The van der Waals surface area contributed by atoms with Gasteiger partial charge in [0, 0.05) is 48.8 Å². The van der Waals surface area contributed by atoms with E-state index in [0.717, 1.165) is 19.4 Å². The highest BCUT2D eigenvalue weighted by atomic mass is 16.3. The monoisotopic (exact) mass is 379 g/mol. The van der Waals surface area contributed by atoms with E-state index in [1.807, 2.05) is 11.0 Å². The van der Waals surface area contributed by atoms with Gasteiger partial charge in [-0.05, 0) is 37.1 Å². The number of pyridine rings is 1. The molecular weight excluding hydrogens is 354 g/mol. The summed E-state index contributed by atoms with van der Waals surface area (Å²) in [5.41, 5.74) is 1.65. The van der Waals surface area contributed by atoms with Gasteiger partial charge in [-0.15, -0.1) is 0 Å². The van der Waals surface area contributed by atoms with Gasteiger partial charge in [0.25, 0.3) is 5.91 Å². The molecule has 28 heavy (non-hydrogen) atoms. The summed E-state index contributed by atoms with van der Waals surface area (Å²) in [5.74, 6) is 0.291. The zero-order valence-corrected chi connectivity index (χ0v) is 15.8. The van der Waals surface area contributed by atoms with E-state index >= 15 is 0 Å². The maximum atomic E-state index is 12.6. The molecule has 1 aliphatic carbocycles. The summed E-state index contributed by atoms with van der Waals surface area (Å²) in [6.45, 7) is 1.23. The van der Waals surface area contributed by atoms with Crippen molar-refractivity contribution < 1.29 is 14.7 Å². The summed E-state index contributed by atoms with van der Waals surface area (Å²) in [5, 5.41) is 12.9. The number of nitrogens with one attached hydrogen (secondary N) is 1. The first-order valence-corrected chi connectivity index (χ1v) is 9.94. The smallest absolute Gasteiger partial charge is 0.251 e. The van der Waals surface area contributed by atoms with Gasteiger partial charge in [-0.2, -0.15) is 0 Å². The Balaban J connectivity index is 1.37. The predicted molar refractivity (Wildman–Crippen MR) is 106 cm³/mol. The molecule has 1 unspecified atom stereocenters. The van der Waals surface area contributed by atoms with Gasteiger partial charge in [-0.3, -0.25) is 14.6 Å². The van der Waals surface area contributed by atoms with Crippen molar-refractivity contribution in [2.24, 2.45) is 5.92 Å². The van der Waals surface area contributed by atoms with Crippen LogP contribution in [0.3, 0.4) is 0 Å². The van der Waals surface area contributed by atoms with Crippen molar-refractivity contribution >= 4 is 11.8 Å². The molecular formula is C22H25N3O3. The minimum atomic E-state index is -0.177. The van der Waals surface area contributed by atoms with E-state index in [1.165, 1.54) is 12.8 Å². The van der Waals surface area contributed by atoms with Crippen molar-refractivity contribution in [3.63, 3.8) is 0 Å². The Labute approximate surface area is 164 Å². The second-order valence-electron chi connectivity index (χ2n) is 7.72. The number of benzene rings is 1. The fraction of sp³-hybridized carbons (Fsp3) is 0.409. The van der Waals surface area contributed by atoms with Gasteiger partial charge >= 0.3 is 0 Å². The van der Waals surface area contributed by atoms with Crippen LogP contribution in [0.2, 0.25) is 0 Å². The number of hydrogen-bond acceptors (Lipinski definition) is 4. The molecule has 1 aromatic heterocycles. The number of rotatable bonds is 5. The van der Waals surface area contributed by atoms with Crippen LogP contribution in [0.1, 0.15) is 42.5 Å². The summed E-state index contributed by atoms with van der Waals surface area (Å²) >= 11 is 0. The minimum Gasteiger partial charge on any atom is -0.506 e.